The van der Waals surface area contributed by atoms with E-state index in [9.17, 15) is 9.59 Å². The molecule has 3 rings (SSSR count). The predicted octanol–water partition coefficient (Wildman–Crippen LogP) is 4.46. The molecule has 0 aliphatic heterocycles. The molecular formula is C24H34N4O2. The molecule has 0 radical (unpaired) electrons. The molecule has 162 valence electrons. The van der Waals surface area contributed by atoms with Crippen molar-refractivity contribution >= 4 is 17.6 Å². The van der Waals surface area contributed by atoms with E-state index in [1.54, 1.807) is 9.58 Å². The molecule has 0 unspecified atom stereocenters. The molecule has 1 aromatic carbocycles. The molecule has 1 aliphatic carbocycles. The lowest BCUT2D eigenvalue weighted by Gasteiger charge is -2.23. The second-order valence-electron chi connectivity index (χ2n) is 9.29. The van der Waals surface area contributed by atoms with E-state index >= 15 is 0 Å². The Kier molecular flexibility index (Phi) is 6.64. The Morgan fingerprint density at radius 3 is 2.37 bits per heavy atom. The van der Waals surface area contributed by atoms with Gasteiger partial charge in [-0.3, -0.25) is 9.59 Å². The molecule has 1 heterocycles. The summed E-state index contributed by atoms with van der Waals surface area (Å²) in [4.78, 5) is 27.3. The summed E-state index contributed by atoms with van der Waals surface area (Å²) >= 11 is 0. The highest BCUT2D eigenvalue weighted by Crippen LogP contribution is 2.28. The Bertz CT molecular complexity index is 887. The van der Waals surface area contributed by atoms with E-state index in [1.807, 2.05) is 44.2 Å². The summed E-state index contributed by atoms with van der Waals surface area (Å²) in [6.45, 7) is 10.9. The van der Waals surface area contributed by atoms with Gasteiger partial charge in [-0.25, -0.2) is 4.68 Å². The van der Waals surface area contributed by atoms with E-state index in [2.05, 4.69) is 26.1 Å². The molecule has 0 spiro atoms. The van der Waals surface area contributed by atoms with Crippen molar-refractivity contribution in [1.29, 1.82) is 0 Å². The minimum Gasteiger partial charge on any atom is -0.333 e. The number of nitrogens with zero attached hydrogens (tertiary/aromatic N) is 3. The Labute approximate surface area is 179 Å². The van der Waals surface area contributed by atoms with Crippen LogP contribution in [0, 0.1) is 12.8 Å². The number of amides is 2. The first-order valence-corrected chi connectivity index (χ1v) is 10.9. The van der Waals surface area contributed by atoms with E-state index in [0.29, 0.717) is 12.4 Å². The van der Waals surface area contributed by atoms with Gasteiger partial charge in [-0.05, 0) is 38.8 Å². The van der Waals surface area contributed by atoms with Crippen molar-refractivity contribution < 1.29 is 9.59 Å². The van der Waals surface area contributed by atoms with Crippen LogP contribution in [0.5, 0.6) is 0 Å². The van der Waals surface area contributed by atoms with Crippen molar-refractivity contribution in [2.45, 2.75) is 65.7 Å². The lowest BCUT2D eigenvalue weighted by Crippen LogP contribution is -2.40. The molecule has 6 heteroatoms. The molecule has 0 bridgehead atoms. The molecule has 1 aromatic heterocycles. The Morgan fingerprint density at radius 2 is 1.80 bits per heavy atom. The Balaban J connectivity index is 1.80. The van der Waals surface area contributed by atoms with Gasteiger partial charge in [-0.15, -0.1) is 0 Å². The van der Waals surface area contributed by atoms with Crippen molar-refractivity contribution in [1.82, 2.24) is 14.7 Å². The van der Waals surface area contributed by atoms with Crippen molar-refractivity contribution in [3.05, 3.63) is 41.6 Å². The zero-order valence-electron chi connectivity index (χ0n) is 18.9. The topological polar surface area (TPSA) is 67.2 Å². The summed E-state index contributed by atoms with van der Waals surface area (Å²) in [6.07, 6.45) is 4.08. The van der Waals surface area contributed by atoms with Crippen LogP contribution < -0.4 is 5.32 Å². The van der Waals surface area contributed by atoms with Crippen LogP contribution in [0.25, 0.3) is 5.69 Å². The molecule has 30 heavy (non-hydrogen) atoms. The van der Waals surface area contributed by atoms with Crippen molar-refractivity contribution in [2.24, 2.45) is 5.92 Å². The number of anilines is 1. The maximum atomic E-state index is 12.9. The molecule has 2 amide bonds. The first kappa shape index (κ1) is 22.1. The highest BCUT2D eigenvalue weighted by molar-refractivity contribution is 5.94. The Hall–Kier alpha value is -2.63. The minimum atomic E-state index is -0.197. The standard InChI is InChI=1S/C24H34N4O2/c1-6-27(23(30)18-9-7-8-10-18)16-22(29)25-21-15-20(24(3,4)5)26-28(21)19-13-11-17(2)12-14-19/h11-15,18H,6-10,16H2,1-5H3,(H,25,29). The summed E-state index contributed by atoms with van der Waals surface area (Å²) in [5.41, 5.74) is 2.80. The van der Waals surface area contributed by atoms with Gasteiger partial charge in [0.25, 0.3) is 0 Å². The summed E-state index contributed by atoms with van der Waals surface area (Å²) in [7, 11) is 0. The summed E-state index contributed by atoms with van der Waals surface area (Å²) in [5.74, 6) is 0.603. The fraction of sp³-hybridized carbons (Fsp3) is 0.542. The smallest absolute Gasteiger partial charge is 0.245 e. The highest BCUT2D eigenvalue weighted by atomic mass is 16.2. The molecule has 0 saturated heterocycles. The second kappa shape index (κ2) is 9.02. The number of rotatable bonds is 6. The maximum absolute atomic E-state index is 12.9. The lowest BCUT2D eigenvalue weighted by molar-refractivity contribution is -0.138. The number of aromatic nitrogens is 2. The summed E-state index contributed by atoms with van der Waals surface area (Å²) < 4.78 is 1.77. The fourth-order valence-corrected chi connectivity index (χ4v) is 3.85. The van der Waals surface area contributed by atoms with Gasteiger partial charge < -0.3 is 10.2 Å². The van der Waals surface area contributed by atoms with Gasteiger partial charge >= 0.3 is 0 Å². The molecular weight excluding hydrogens is 376 g/mol. The van der Waals surface area contributed by atoms with Gasteiger partial charge in [-0.1, -0.05) is 51.3 Å². The van der Waals surface area contributed by atoms with Crippen LogP contribution in [0.2, 0.25) is 0 Å². The van der Waals surface area contributed by atoms with Gasteiger partial charge in [0.05, 0.1) is 17.9 Å². The third kappa shape index (κ3) is 5.10. The van der Waals surface area contributed by atoms with E-state index in [4.69, 9.17) is 5.10 Å². The van der Waals surface area contributed by atoms with Crippen LogP contribution >= 0.6 is 0 Å². The van der Waals surface area contributed by atoms with Crippen molar-refractivity contribution in [3.8, 4) is 5.69 Å². The monoisotopic (exact) mass is 410 g/mol. The molecule has 1 saturated carbocycles. The number of carbonyl (C=O) groups excluding carboxylic acids is 2. The number of hydrogen-bond acceptors (Lipinski definition) is 3. The number of benzene rings is 1. The third-order valence-corrected chi connectivity index (χ3v) is 5.76. The van der Waals surface area contributed by atoms with Gasteiger partial charge in [0, 0.05) is 23.9 Å². The highest BCUT2D eigenvalue weighted by Gasteiger charge is 2.28. The van der Waals surface area contributed by atoms with Crippen LogP contribution in [0.4, 0.5) is 5.82 Å². The van der Waals surface area contributed by atoms with Crippen LogP contribution in [-0.2, 0) is 15.0 Å². The summed E-state index contributed by atoms with van der Waals surface area (Å²) in [6, 6.07) is 9.96. The zero-order valence-corrected chi connectivity index (χ0v) is 18.9. The number of carbonyl (C=O) groups is 2. The first-order chi connectivity index (χ1) is 14.2. The lowest BCUT2D eigenvalue weighted by atomic mass is 9.92. The first-order valence-electron chi connectivity index (χ1n) is 10.9. The quantitative estimate of drug-likeness (QED) is 0.765. The fourth-order valence-electron chi connectivity index (χ4n) is 3.85. The average Bonchev–Trinajstić information content (AvgIpc) is 3.36. The molecule has 0 atom stereocenters. The van der Waals surface area contributed by atoms with Gasteiger partial charge in [0.15, 0.2) is 0 Å². The van der Waals surface area contributed by atoms with E-state index in [0.717, 1.165) is 42.6 Å². The molecule has 2 aromatic rings. The van der Waals surface area contributed by atoms with E-state index in [1.165, 1.54) is 0 Å². The number of nitrogens with one attached hydrogen (secondary N) is 1. The predicted molar refractivity (Wildman–Crippen MR) is 120 cm³/mol. The SMILES string of the molecule is CCN(CC(=O)Nc1cc(C(C)(C)C)nn1-c1ccc(C)cc1)C(=O)C1CCCC1. The van der Waals surface area contributed by atoms with E-state index in [-0.39, 0.29) is 29.7 Å². The van der Waals surface area contributed by atoms with Crippen LogP contribution in [0.3, 0.4) is 0 Å². The maximum Gasteiger partial charge on any atom is 0.245 e. The number of likely N-dealkylation sites (N-methyl/N-ethyl adjacent to an activating group) is 1. The normalized spacial score (nSPS) is 14.7. The van der Waals surface area contributed by atoms with Crippen LogP contribution in [0.1, 0.15) is 64.6 Å². The summed E-state index contributed by atoms with van der Waals surface area (Å²) in [5, 5.41) is 7.75. The third-order valence-electron chi connectivity index (χ3n) is 5.76. The minimum absolute atomic E-state index is 0.0652. The van der Waals surface area contributed by atoms with Crippen molar-refractivity contribution in [2.75, 3.05) is 18.4 Å². The molecule has 6 nitrogen and oxygen atoms in total. The molecule has 1 N–H and O–H groups in total. The van der Waals surface area contributed by atoms with E-state index < -0.39 is 0 Å². The Morgan fingerprint density at radius 1 is 1.17 bits per heavy atom. The zero-order chi connectivity index (χ0) is 21.9. The van der Waals surface area contributed by atoms with Crippen molar-refractivity contribution in [3.63, 3.8) is 0 Å². The molecule has 1 aliphatic rings. The second-order valence-corrected chi connectivity index (χ2v) is 9.29. The number of hydrogen-bond donors (Lipinski definition) is 1. The van der Waals surface area contributed by atoms with Gasteiger partial charge in [-0.2, -0.15) is 5.10 Å². The van der Waals surface area contributed by atoms with Gasteiger partial charge in [0.1, 0.15) is 5.82 Å². The van der Waals surface area contributed by atoms with Crippen LogP contribution in [0.15, 0.2) is 30.3 Å². The molecule has 1 fully saturated rings. The average molecular weight is 411 g/mol. The van der Waals surface area contributed by atoms with Gasteiger partial charge in [0.2, 0.25) is 11.8 Å². The van der Waals surface area contributed by atoms with Crippen LogP contribution in [-0.4, -0.2) is 39.6 Å². The number of aryl methyl sites for hydroxylation is 1. The largest absolute Gasteiger partial charge is 0.333 e.